The fraction of sp³-hybridized carbons (Fsp3) is 0. The summed E-state index contributed by atoms with van der Waals surface area (Å²) < 4.78 is 8.94. The highest BCUT2D eigenvalue weighted by molar-refractivity contribution is 6.13. The van der Waals surface area contributed by atoms with E-state index in [1.807, 2.05) is 6.07 Å². The first-order valence-corrected chi connectivity index (χ1v) is 23.6. The van der Waals surface area contributed by atoms with Gasteiger partial charge >= 0.3 is 0 Å². The third-order valence-electron chi connectivity index (χ3n) is 13.6. The molecule has 0 bridgehead atoms. The van der Waals surface area contributed by atoms with Gasteiger partial charge < -0.3 is 13.9 Å². The molecule has 0 fully saturated rings. The Morgan fingerprint density at radius 1 is 0.275 bits per heavy atom. The van der Waals surface area contributed by atoms with Crippen molar-refractivity contribution in [2.75, 3.05) is 4.90 Å². The number of anilines is 3. The van der Waals surface area contributed by atoms with Crippen molar-refractivity contribution in [3.63, 3.8) is 0 Å². The summed E-state index contributed by atoms with van der Waals surface area (Å²) in [5.41, 5.74) is 20.0. The predicted octanol–water partition coefficient (Wildman–Crippen LogP) is 18.5. The average molecular weight is 881 g/mol. The highest BCUT2D eigenvalue weighted by Crippen LogP contribution is 2.45. The molecular formula is C66H44N2O. The lowest BCUT2D eigenvalue weighted by molar-refractivity contribution is 0.666. The van der Waals surface area contributed by atoms with Gasteiger partial charge in [0.1, 0.15) is 5.58 Å². The Kier molecular flexibility index (Phi) is 9.84. The zero-order valence-corrected chi connectivity index (χ0v) is 37.7. The first-order valence-electron chi connectivity index (χ1n) is 23.6. The van der Waals surface area contributed by atoms with Gasteiger partial charge in [-0.1, -0.05) is 200 Å². The summed E-state index contributed by atoms with van der Waals surface area (Å²) in [6.07, 6.45) is 0. The molecule has 0 spiro atoms. The molecule has 0 saturated heterocycles. The molecule has 0 aliphatic carbocycles. The van der Waals surface area contributed by atoms with Crippen LogP contribution in [-0.4, -0.2) is 4.57 Å². The number of hydrogen-bond acceptors (Lipinski definition) is 2. The van der Waals surface area contributed by atoms with E-state index >= 15 is 0 Å². The summed E-state index contributed by atoms with van der Waals surface area (Å²) in [5.74, 6) is 0. The highest BCUT2D eigenvalue weighted by Gasteiger charge is 2.21. The van der Waals surface area contributed by atoms with Gasteiger partial charge in [0, 0.05) is 38.6 Å². The Balaban J connectivity index is 0.960. The second kappa shape index (κ2) is 16.9. The molecule has 3 nitrogen and oxygen atoms in total. The minimum absolute atomic E-state index is 0.891. The van der Waals surface area contributed by atoms with Crippen LogP contribution in [0.2, 0.25) is 0 Å². The zero-order valence-electron chi connectivity index (χ0n) is 37.7. The largest absolute Gasteiger partial charge is 0.454 e. The van der Waals surface area contributed by atoms with E-state index in [2.05, 4.69) is 270 Å². The van der Waals surface area contributed by atoms with Gasteiger partial charge in [0.25, 0.3) is 0 Å². The van der Waals surface area contributed by atoms with Crippen LogP contribution in [-0.2, 0) is 0 Å². The highest BCUT2D eigenvalue weighted by atomic mass is 16.3. The van der Waals surface area contributed by atoms with Gasteiger partial charge in [0.05, 0.1) is 16.7 Å². The number of fused-ring (bicyclic) bond motifs is 6. The first-order chi connectivity index (χ1) is 34.2. The lowest BCUT2D eigenvalue weighted by Crippen LogP contribution is -2.10. The number of rotatable bonds is 9. The molecule has 3 heteroatoms. The molecule has 0 aliphatic rings. The molecule has 0 atom stereocenters. The number of hydrogen-bond donors (Lipinski definition) is 0. The Labute approximate surface area is 401 Å². The van der Waals surface area contributed by atoms with E-state index in [0.717, 1.165) is 66.8 Å². The minimum Gasteiger partial charge on any atom is -0.454 e. The molecular weight excluding hydrogens is 837 g/mol. The van der Waals surface area contributed by atoms with Crippen LogP contribution in [0.5, 0.6) is 0 Å². The maximum absolute atomic E-state index is 6.58. The summed E-state index contributed by atoms with van der Waals surface area (Å²) in [6.45, 7) is 0. The van der Waals surface area contributed by atoms with E-state index in [9.17, 15) is 0 Å². The standard InChI is InChI=1S/C66H44N2O/c1-5-18-46(19-6-1)54-39-37-52(43-59(54)48-22-9-3-10-23-48)67(53-38-40-55(47-20-7-2-8-21-47)60(44-53)49-24-11-4-12-25-49)51-35-32-45(33-36-51)50-34-41-63-61(42-50)56-26-13-15-29-62(56)68(63)64-30-17-28-58-57-27-14-16-31-65(57)69-66(58)64/h1-44H. The SMILES string of the molecule is c1ccc(-c2ccc(N(c3ccc(-c4ccc5c(c4)c4ccccc4n5-c4cccc5c4oc4ccccc45)cc3)c3ccc(-c4ccccc4)c(-c4ccccc4)c3)cc2-c2ccccc2)cc1. The Morgan fingerprint density at radius 3 is 1.33 bits per heavy atom. The van der Waals surface area contributed by atoms with Crippen molar-refractivity contribution >= 4 is 60.8 Å². The van der Waals surface area contributed by atoms with Gasteiger partial charge in [-0.25, -0.2) is 0 Å². The number of para-hydroxylation sites is 3. The maximum Gasteiger partial charge on any atom is 0.159 e. The van der Waals surface area contributed by atoms with Crippen molar-refractivity contribution in [3.05, 3.63) is 267 Å². The predicted molar refractivity (Wildman–Crippen MR) is 290 cm³/mol. The molecule has 69 heavy (non-hydrogen) atoms. The second-order valence-electron chi connectivity index (χ2n) is 17.6. The minimum atomic E-state index is 0.891. The van der Waals surface area contributed by atoms with Crippen LogP contribution < -0.4 is 4.90 Å². The maximum atomic E-state index is 6.58. The molecule has 0 radical (unpaired) electrons. The second-order valence-corrected chi connectivity index (χ2v) is 17.6. The Bertz CT molecular complexity index is 3860. The molecule has 2 aromatic heterocycles. The van der Waals surface area contributed by atoms with Crippen LogP contribution in [0, 0.1) is 0 Å². The number of nitrogens with zero attached hydrogens (tertiary/aromatic N) is 2. The molecule has 13 aromatic rings. The third kappa shape index (κ3) is 7.08. The lowest BCUT2D eigenvalue weighted by Gasteiger charge is -2.28. The van der Waals surface area contributed by atoms with E-state index < -0.39 is 0 Å². The lowest BCUT2D eigenvalue weighted by atomic mass is 9.92. The van der Waals surface area contributed by atoms with Gasteiger partial charge in [0.2, 0.25) is 0 Å². The fourth-order valence-corrected chi connectivity index (χ4v) is 10.4. The summed E-state index contributed by atoms with van der Waals surface area (Å²) in [6, 6.07) is 96.1. The number of benzene rings is 11. The van der Waals surface area contributed by atoms with E-state index in [4.69, 9.17) is 4.42 Å². The summed E-state index contributed by atoms with van der Waals surface area (Å²) in [4.78, 5) is 2.40. The normalized spacial score (nSPS) is 11.5. The van der Waals surface area contributed by atoms with Crippen molar-refractivity contribution in [2.45, 2.75) is 0 Å². The average Bonchev–Trinajstić information content (AvgIpc) is 3.98. The van der Waals surface area contributed by atoms with Crippen LogP contribution in [0.4, 0.5) is 17.1 Å². The molecule has 11 aromatic carbocycles. The molecule has 324 valence electrons. The van der Waals surface area contributed by atoms with E-state index in [0.29, 0.717) is 0 Å². The van der Waals surface area contributed by atoms with Gasteiger partial charge in [-0.15, -0.1) is 0 Å². The summed E-state index contributed by atoms with van der Waals surface area (Å²) in [5, 5.41) is 4.64. The third-order valence-corrected chi connectivity index (χ3v) is 13.6. The van der Waals surface area contributed by atoms with Gasteiger partial charge in [0.15, 0.2) is 5.58 Å². The van der Waals surface area contributed by atoms with Crippen molar-refractivity contribution in [3.8, 4) is 61.3 Å². The Hall–Kier alpha value is -9.18. The molecule has 0 N–H and O–H groups in total. The van der Waals surface area contributed by atoms with Crippen LogP contribution in [0.25, 0.3) is 105 Å². The van der Waals surface area contributed by atoms with Crippen LogP contribution in [0.3, 0.4) is 0 Å². The monoisotopic (exact) mass is 880 g/mol. The van der Waals surface area contributed by atoms with Crippen LogP contribution in [0.1, 0.15) is 0 Å². The quantitative estimate of drug-likeness (QED) is 0.144. The van der Waals surface area contributed by atoms with Gasteiger partial charge in [-0.2, -0.15) is 0 Å². The Morgan fingerprint density at radius 2 is 0.739 bits per heavy atom. The van der Waals surface area contributed by atoms with Gasteiger partial charge in [-0.05, 0) is 122 Å². The van der Waals surface area contributed by atoms with E-state index in [-0.39, 0.29) is 0 Å². The fourth-order valence-electron chi connectivity index (χ4n) is 10.4. The molecule has 0 aliphatic heterocycles. The van der Waals surface area contributed by atoms with Crippen LogP contribution >= 0.6 is 0 Å². The first kappa shape index (κ1) is 40.1. The van der Waals surface area contributed by atoms with Crippen LogP contribution in [0.15, 0.2) is 271 Å². The number of furan rings is 1. The molecule has 0 unspecified atom stereocenters. The van der Waals surface area contributed by atoms with E-state index in [1.54, 1.807) is 0 Å². The van der Waals surface area contributed by atoms with Crippen molar-refractivity contribution in [2.24, 2.45) is 0 Å². The number of aromatic nitrogens is 1. The molecule has 0 saturated carbocycles. The molecule has 0 amide bonds. The smallest absolute Gasteiger partial charge is 0.159 e. The van der Waals surface area contributed by atoms with Crippen molar-refractivity contribution < 1.29 is 4.42 Å². The topological polar surface area (TPSA) is 21.3 Å². The van der Waals surface area contributed by atoms with Crippen molar-refractivity contribution in [1.29, 1.82) is 0 Å². The molecule has 2 heterocycles. The zero-order chi connectivity index (χ0) is 45.7. The van der Waals surface area contributed by atoms with E-state index in [1.165, 1.54) is 55.3 Å². The summed E-state index contributed by atoms with van der Waals surface area (Å²) >= 11 is 0. The summed E-state index contributed by atoms with van der Waals surface area (Å²) in [7, 11) is 0. The van der Waals surface area contributed by atoms with Crippen molar-refractivity contribution in [1.82, 2.24) is 4.57 Å². The molecule has 13 rings (SSSR count). The van der Waals surface area contributed by atoms with Gasteiger partial charge in [-0.3, -0.25) is 0 Å².